The quantitative estimate of drug-likeness (QED) is 0.139. The van der Waals surface area contributed by atoms with Crippen molar-refractivity contribution in [1.29, 1.82) is 0 Å². The Labute approximate surface area is 213 Å². The average molecular weight is 508 g/mol. The number of carbonyl (C=O) groups is 3. The molecule has 0 aliphatic carbocycles. The molecule has 10 heteroatoms. The molecule has 2 N–H and O–H groups in total. The van der Waals surface area contributed by atoms with Gasteiger partial charge in [0, 0.05) is 5.69 Å². The Bertz CT molecular complexity index is 1260. The second-order valence-corrected chi connectivity index (χ2v) is 7.56. The Morgan fingerprint density at radius 2 is 1.62 bits per heavy atom. The van der Waals surface area contributed by atoms with Crippen molar-refractivity contribution in [2.45, 2.75) is 20.3 Å². The first kappa shape index (κ1) is 26.9. The normalized spacial score (nSPS) is 10.6. The number of halogens is 1. The van der Waals surface area contributed by atoms with E-state index in [1.165, 1.54) is 24.4 Å². The standard InChI is InChI=1S/C27H26FN3O6/c1-3-15-36-22-12-6-19(7-13-22)27(34)37-23-14-5-18(16-24(23)35-4-2)17-29-31-26(33)25(32)30-21-10-8-20(28)9-11-21/h5-14,16-17H,3-4,15H2,1-2H3,(H,30,32)(H,31,33)/b29-17+. The van der Waals surface area contributed by atoms with E-state index in [0.29, 0.717) is 35.8 Å². The zero-order valence-corrected chi connectivity index (χ0v) is 20.3. The van der Waals surface area contributed by atoms with Crippen molar-refractivity contribution < 1.29 is 33.0 Å². The first-order chi connectivity index (χ1) is 17.9. The van der Waals surface area contributed by atoms with Gasteiger partial charge in [0.1, 0.15) is 11.6 Å². The summed E-state index contributed by atoms with van der Waals surface area (Å²) in [6.07, 6.45) is 2.18. The van der Waals surface area contributed by atoms with Gasteiger partial charge in [-0.05, 0) is 85.6 Å². The highest BCUT2D eigenvalue weighted by molar-refractivity contribution is 6.39. The molecule has 0 aliphatic heterocycles. The molecule has 0 aromatic heterocycles. The molecule has 0 heterocycles. The molecule has 3 aromatic carbocycles. The average Bonchev–Trinajstić information content (AvgIpc) is 2.90. The third-order valence-corrected chi connectivity index (χ3v) is 4.72. The lowest BCUT2D eigenvalue weighted by atomic mass is 10.2. The fraction of sp³-hybridized carbons (Fsp3) is 0.185. The molecular weight excluding hydrogens is 481 g/mol. The van der Waals surface area contributed by atoms with E-state index in [1.807, 2.05) is 6.92 Å². The van der Waals surface area contributed by atoms with E-state index in [9.17, 15) is 18.8 Å². The van der Waals surface area contributed by atoms with Crippen LogP contribution in [0.2, 0.25) is 0 Å². The number of hydrazone groups is 1. The smallest absolute Gasteiger partial charge is 0.343 e. The molecule has 0 saturated carbocycles. The highest BCUT2D eigenvalue weighted by atomic mass is 19.1. The molecule has 0 fully saturated rings. The number of amides is 2. The number of ether oxygens (including phenoxy) is 3. The van der Waals surface area contributed by atoms with Crippen molar-refractivity contribution in [3.05, 3.63) is 83.7 Å². The number of rotatable bonds is 10. The van der Waals surface area contributed by atoms with E-state index >= 15 is 0 Å². The number of hydrogen-bond donors (Lipinski definition) is 2. The number of nitrogens with one attached hydrogen (secondary N) is 2. The predicted molar refractivity (Wildman–Crippen MR) is 136 cm³/mol. The fourth-order valence-corrected chi connectivity index (χ4v) is 2.96. The topological polar surface area (TPSA) is 115 Å². The van der Waals surface area contributed by atoms with Crippen LogP contribution in [0.1, 0.15) is 36.2 Å². The van der Waals surface area contributed by atoms with Crippen LogP contribution in [0.5, 0.6) is 17.2 Å². The Hall–Kier alpha value is -4.73. The van der Waals surface area contributed by atoms with Gasteiger partial charge in [0.25, 0.3) is 0 Å². The van der Waals surface area contributed by atoms with E-state index in [-0.39, 0.29) is 11.4 Å². The molecule has 0 atom stereocenters. The minimum atomic E-state index is -1.01. The SMILES string of the molecule is CCCOc1ccc(C(=O)Oc2ccc(/C=N/NC(=O)C(=O)Nc3ccc(F)cc3)cc2OCC)cc1. The van der Waals surface area contributed by atoms with Crippen LogP contribution in [-0.4, -0.2) is 37.2 Å². The third-order valence-electron chi connectivity index (χ3n) is 4.72. The van der Waals surface area contributed by atoms with Gasteiger partial charge in [0.2, 0.25) is 0 Å². The van der Waals surface area contributed by atoms with E-state index < -0.39 is 23.6 Å². The summed E-state index contributed by atoms with van der Waals surface area (Å²) in [7, 11) is 0. The van der Waals surface area contributed by atoms with Crippen LogP contribution in [-0.2, 0) is 9.59 Å². The van der Waals surface area contributed by atoms with E-state index in [1.54, 1.807) is 43.3 Å². The molecule has 0 aliphatic rings. The van der Waals surface area contributed by atoms with E-state index in [4.69, 9.17) is 14.2 Å². The molecule has 37 heavy (non-hydrogen) atoms. The summed E-state index contributed by atoms with van der Waals surface area (Å²) in [6, 6.07) is 16.3. The number of carbonyl (C=O) groups excluding carboxylic acids is 3. The fourth-order valence-electron chi connectivity index (χ4n) is 2.96. The van der Waals surface area contributed by atoms with Crippen LogP contribution in [0, 0.1) is 5.82 Å². The molecule has 192 valence electrons. The van der Waals surface area contributed by atoms with Gasteiger partial charge in [-0.3, -0.25) is 9.59 Å². The lowest BCUT2D eigenvalue weighted by Gasteiger charge is -2.12. The molecule has 9 nitrogen and oxygen atoms in total. The van der Waals surface area contributed by atoms with Crippen molar-refractivity contribution in [3.8, 4) is 17.2 Å². The Morgan fingerprint density at radius 3 is 2.30 bits per heavy atom. The Kier molecular flexibility index (Phi) is 9.72. The maximum absolute atomic E-state index is 13.0. The first-order valence-electron chi connectivity index (χ1n) is 11.5. The van der Waals surface area contributed by atoms with Gasteiger partial charge >= 0.3 is 17.8 Å². The van der Waals surface area contributed by atoms with Crippen molar-refractivity contribution in [1.82, 2.24) is 5.43 Å². The molecule has 0 saturated heterocycles. The Balaban J connectivity index is 1.60. The van der Waals surface area contributed by atoms with Gasteiger partial charge in [-0.15, -0.1) is 0 Å². The van der Waals surface area contributed by atoms with Crippen LogP contribution in [0.3, 0.4) is 0 Å². The maximum atomic E-state index is 13.0. The molecular formula is C27H26FN3O6. The first-order valence-corrected chi connectivity index (χ1v) is 11.5. The number of nitrogens with zero attached hydrogens (tertiary/aromatic N) is 1. The molecule has 0 radical (unpaired) electrons. The van der Waals surface area contributed by atoms with Crippen molar-refractivity contribution in [2.24, 2.45) is 5.10 Å². The molecule has 0 unspecified atom stereocenters. The van der Waals surface area contributed by atoms with Gasteiger partial charge < -0.3 is 19.5 Å². The van der Waals surface area contributed by atoms with Crippen LogP contribution >= 0.6 is 0 Å². The predicted octanol–water partition coefficient (Wildman–Crippen LogP) is 4.32. The summed E-state index contributed by atoms with van der Waals surface area (Å²) < 4.78 is 29.6. The van der Waals surface area contributed by atoms with Gasteiger partial charge in [-0.1, -0.05) is 6.92 Å². The van der Waals surface area contributed by atoms with Gasteiger partial charge in [0.05, 0.1) is 25.0 Å². The summed E-state index contributed by atoms with van der Waals surface area (Å²) in [5.41, 5.74) is 3.23. The highest BCUT2D eigenvalue weighted by Gasteiger charge is 2.15. The van der Waals surface area contributed by atoms with Gasteiger partial charge in [0.15, 0.2) is 11.5 Å². The zero-order chi connectivity index (χ0) is 26.6. The summed E-state index contributed by atoms with van der Waals surface area (Å²) in [5.74, 6) is -1.85. The van der Waals surface area contributed by atoms with Crippen LogP contribution in [0.4, 0.5) is 10.1 Å². The number of hydrogen-bond acceptors (Lipinski definition) is 7. The molecule has 3 aromatic rings. The maximum Gasteiger partial charge on any atom is 0.343 e. The van der Waals surface area contributed by atoms with E-state index in [2.05, 4.69) is 15.8 Å². The summed E-state index contributed by atoms with van der Waals surface area (Å²) in [6.45, 7) is 4.69. The minimum Gasteiger partial charge on any atom is -0.494 e. The molecule has 0 spiro atoms. The lowest BCUT2D eigenvalue weighted by Crippen LogP contribution is -2.32. The van der Waals surface area contributed by atoms with Crippen LogP contribution in [0.25, 0.3) is 0 Å². The van der Waals surface area contributed by atoms with Crippen LogP contribution < -0.4 is 25.0 Å². The van der Waals surface area contributed by atoms with Crippen LogP contribution in [0.15, 0.2) is 71.8 Å². The molecule has 0 bridgehead atoms. The summed E-state index contributed by atoms with van der Waals surface area (Å²) >= 11 is 0. The minimum absolute atomic E-state index is 0.207. The zero-order valence-electron chi connectivity index (χ0n) is 20.3. The van der Waals surface area contributed by atoms with Crippen molar-refractivity contribution >= 4 is 29.7 Å². The lowest BCUT2D eigenvalue weighted by molar-refractivity contribution is -0.136. The number of anilines is 1. The monoisotopic (exact) mass is 507 g/mol. The van der Waals surface area contributed by atoms with Gasteiger partial charge in [-0.25, -0.2) is 14.6 Å². The summed E-state index contributed by atoms with van der Waals surface area (Å²) in [4.78, 5) is 36.5. The second-order valence-electron chi connectivity index (χ2n) is 7.56. The molecule has 2 amide bonds. The third kappa shape index (κ3) is 8.17. The largest absolute Gasteiger partial charge is 0.494 e. The van der Waals surface area contributed by atoms with Crippen molar-refractivity contribution in [2.75, 3.05) is 18.5 Å². The number of esters is 1. The van der Waals surface area contributed by atoms with Crippen molar-refractivity contribution in [3.63, 3.8) is 0 Å². The number of benzene rings is 3. The molecule has 3 rings (SSSR count). The summed E-state index contributed by atoms with van der Waals surface area (Å²) in [5, 5.41) is 6.09. The highest BCUT2D eigenvalue weighted by Crippen LogP contribution is 2.29. The van der Waals surface area contributed by atoms with Gasteiger partial charge in [-0.2, -0.15) is 5.10 Å². The Morgan fingerprint density at radius 1 is 0.892 bits per heavy atom. The second kappa shape index (κ2) is 13.4. The van der Waals surface area contributed by atoms with E-state index in [0.717, 1.165) is 18.6 Å².